The fourth-order valence-electron chi connectivity index (χ4n) is 4.21. The van der Waals surface area contributed by atoms with Crippen LogP contribution in [-0.2, 0) is 11.3 Å². The Morgan fingerprint density at radius 1 is 1.22 bits per heavy atom. The van der Waals surface area contributed by atoms with Gasteiger partial charge in [-0.2, -0.15) is 13.8 Å². The number of carbonyl (C=O) groups is 2. The second kappa shape index (κ2) is 10.6. The molecule has 2 unspecified atom stereocenters. The second-order valence-electron chi connectivity index (χ2n) is 9.29. The van der Waals surface area contributed by atoms with Gasteiger partial charge in [-0.1, -0.05) is 6.07 Å². The van der Waals surface area contributed by atoms with Crippen molar-refractivity contribution in [1.82, 2.24) is 25.7 Å². The summed E-state index contributed by atoms with van der Waals surface area (Å²) >= 11 is 0. The number of anilines is 1. The average molecular weight is 511 g/mol. The zero-order valence-corrected chi connectivity index (χ0v) is 20.9. The summed E-state index contributed by atoms with van der Waals surface area (Å²) in [6, 6.07) is 10.3. The molecular formula is C26H28F2N6O3. The van der Waals surface area contributed by atoms with Crippen LogP contribution in [0.15, 0.2) is 48.7 Å². The van der Waals surface area contributed by atoms with Gasteiger partial charge in [-0.15, -0.1) is 0 Å². The van der Waals surface area contributed by atoms with Gasteiger partial charge >= 0.3 is 0 Å². The van der Waals surface area contributed by atoms with Crippen molar-refractivity contribution < 1.29 is 23.1 Å². The summed E-state index contributed by atoms with van der Waals surface area (Å²) in [6.45, 7) is 6.05. The summed E-state index contributed by atoms with van der Waals surface area (Å²) in [5, 5.41) is 7.40. The number of hydrogen-bond donors (Lipinski definition) is 3. The van der Waals surface area contributed by atoms with Crippen molar-refractivity contribution in [3.8, 4) is 11.5 Å². The Hall–Kier alpha value is -3.96. The van der Waals surface area contributed by atoms with Gasteiger partial charge in [-0.3, -0.25) is 15.0 Å². The highest BCUT2D eigenvalue weighted by Crippen LogP contribution is 2.31. The van der Waals surface area contributed by atoms with Gasteiger partial charge < -0.3 is 15.4 Å². The van der Waals surface area contributed by atoms with Gasteiger partial charge in [0, 0.05) is 49.6 Å². The molecule has 0 radical (unpaired) electrons. The van der Waals surface area contributed by atoms with Crippen molar-refractivity contribution >= 4 is 17.6 Å². The first-order valence-electron chi connectivity index (χ1n) is 11.7. The molecule has 194 valence electrons. The highest BCUT2D eigenvalue weighted by molar-refractivity contribution is 5.96. The number of halogens is 2. The third kappa shape index (κ3) is 5.89. The molecule has 3 aromatic rings. The molecule has 1 aliphatic heterocycles. The predicted molar refractivity (Wildman–Crippen MR) is 133 cm³/mol. The second-order valence-corrected chi connectivity index (χ2v) is 9.29. The number of nitrogens with one attached hydrogen (secondary N) is 3. The van der Waals surface area contributed by atoms with Crippen LogP contribution in [0.4, 0.5) is 14.6 Å². The van der Waals surface area contributed by atoms with E-state index in [1.165, 1.54) is 6.20 Å². The normalized spacial score (nSPS) is 19.5. The largest absolute Gasteiger partial charge is 0.457 e. The first kappa shape index (κ1) is 26.1. The molecule has 2 aromatic heterocycles. The zero-order chi connectivity index (χ0) is 26.7. The molecule has 37 heavy (non-hydrogen) atoms. The Morgan fingerprint density at radius 2 is 1.95 bits per heavy atom. The molecule has 4 rings (SSSR count). The number of pyridine rings is 2. The Kier molecular flexibility index (Phi) is 7.46. The van der Waals surface area contributed by atoms with Gasteiger partial charge in [0.1, 0.15) is 17.3 Å². The minimum absolute atomic E-state index is 0.0509. The Labute approximate surface area is 213 Å². The van der Waals surface area contributed by atoms with Crippen LogP contribution in [-0.4, -0.2) is 46.4 Å². The summed E-state index contributed by atoms with van der Waals surface area (Å²) in [5.41, 5.74) is 3.74. The molecule has 9 nitrogen and oxygen atoms in total. The van der Waals surface area contributed by atoms with E-state index in [0.717, 1.165) is 12.1 Å². The van der Waals surface area contributed by atoms with Crippen LogP contribution in [0.2, 0.25) is 0 Å². The number of nitrogens with zero attached hydrogens (tertiary/aromatic N) is 3. The Morgan fingerprint density at radius 3 is 2.62 bits per heavy atom. The Balaban J connectivity index is 1.45. The first-order valence-corrected chi connectivity index (χ1v) is 11.7. The summed E-state index contributed by atoms with van der Waals surface area (Å²) in [6.07, 6.45) is 1.52. The Bertz CT molecular complexity index is 1320. The molecule has 1 aliphatic rings. The van der Waals surface area contributed by atoms with Gasteiger partial charge in [-0.25, -0.2) is 9.99 Å². The van der Waals surface area contributed by atoms with E-state index in [4.69, 9.17) is 4.74 Å². The summed E-state index contributed by atoms with van der Waals surface area (Å²) in [4.78, 5) is 33.0. The van der Waals surface area contributed by atoms with Crippen LogP contribution < -0.4 is 20.8 Å². The predicted octanol–water partition coefficient (Wildman–Crippen LogP) is 3.57. The topological polar surface area (TPSA) is 108 Å². The molecule has 2 amide bonds. The van der Waals surface area contributed by atoms with Crippen LogP contribution in [0.3, 0.4) is 0 Å². The van der Waals surface area contributed by atoms with Crippen LogP contribution in [0.5, 0.6) is 11.5 Å². The molecule has 0 bridgehead atoms. The van der Waals surface area contributed by atoms with Crippen molar-refractivity contribution in [2.45, 2.75) is 33.4 Å². The molecule has 1 fully saturated rings. The quantitative estimate of drug-likeness (QED) is 0.417. The van der Waals surface area contributed by atoms with Crippen LogP contribution in [0, 0.1) is 24.2 Å². The number of rotatable bonds is 7. The van der Waals surface area contributed by atoms with Crippen molar-refractivity contribution in [2.24, 2.45) is 5.41 Å². The smallest absolute Gasteiger partial charge is 0.251 e. The van der Waals surface area contributed by atoms with Crippen molar-refractivity contribution in [1.29, 1.82) is 0 Å². The fraction of sp³-hybridized carbons (Fsp3) is 0.308. The average Bonchev–Trinajstić information content (AvgIpc) is 3.10. The lowest BCUT2D eigenvalue weighted by Crippen LogP contribution is -2.43. The lowest BCUT2D eigenvalue weighted by atomic mass is 9.84. The number of amides is 2. The molecule has 3 N–H and O–H groups in total. The maximum Gasteiger partial charge on any atom is 0.251 e. The molecule has 3 heterocycles. The third-order valence-electron chi connectivity index (χ3n) is 6.46. The minimum Gasteiger partial charge on any atom is -0.457 e. The van der Waals surface area contributed by atoms with Crippen LogP contribution in [0.25, 0.3) is 0 Å². The van der Waals surface area contributed by atoms with Gasteiger partial charge in [0.2, 0.25) is 17.8 Å². The SMILES string of the molecule is Cc1c(Oc2ccnc(NC(=O)C3(C)CN(C)NC3C)c2)cccc1C(=O)NCc1cc(F)nc(F)c1. The van der Waals surface area contributed by atoms with E-state index in [2.05, 4.69) is 26.0 Å². The monoisotopic (exact) mass is 510 g/mol. The summed E-state index contributed by atoms with van der Waals surface area (Å²) in [5.74, 6) is -1.31. The molecule has 0 spiro atoms. The van der Waals surface area contributed by atoms with Crippen LogP contribution >= 0.6 is 0 Å². The van der Waals surface area contributed by atoms with Crippen molar-refractivity contribution in [2.75, 3.05) is 18.9 Å². The van der Waals surface area contributed by atoms with Gasteiger partial charge in [0.25, 0.3) is 5.91 Å². The van der Waals surface area contributed by atoms with Gasteiger partial charge in [0.05, 0.1) is 5.41 Å². The molecular weight excluding hydrogens is 482 g/mol. The van der Waals surface area contributed by atoms with E-state index >= 15 is 0 Å². The minimum atomic E-state index is -0.959. The van der Waals surface area contributed by atoms with E-state index < -0.39 is 23.2 Å². The zero-order valence-electron chi connectivity index (χ0n) is 20.9. The maximum absolute atomic E-state index is 13.3. The van der Waals surface area contributed by atoms with E-state index in [-0.39, 0.29) is 24.1 Å². The number of carbonyl (C=O) groups excluding carboxylic acids is 2. The standard InChI is InChI=1S/C26H28F2N6O3/c1-15-19(24(35)30-13-17-10-21(27)31-22(28)11-17)6-5-7-20(15)37-18-8-9-29-23(12-18)32-25(36)26(3)14-34(4)33-16(26)2/h5-12,16,33H,13-14H2,1-4H3,(H,30,35)(H,29,32,36). The van der Waals surface area contributed by atoms with Crippen molar-refractivity contribution in [3.05, 3.63) is 77.2 Å². The van der Waals surface area contributed by atoms with E-state index in [1.54, 1.807) is 37.3 Å². The fourth-order valence-corrected chi connectivity index (χ4v) is 4.21. The molecule has 1 saturated heterocycles. The molecule has 0 saturated carbocycles. The molecule has 0 aliphatic carbocycles. The molecule has 11 heteroatoms. The number of aromatic nitrogens is 2. The molecule has 2 atom stereocenters. The van der Waals surface area contributed by atoms with E-state index in [0.29, 0.717) is 35.0 Å². The van der Waals surface area contributed by atoms with E-state index in [9.17, 15) is 18.4 Å². The number of hydrogen-bond acceptors (Lipinski definition) is 7. The van der Waals surface area contributed by atoms with E-state index in [1.807, 2.05) is 25.9 Å². The lowest BCUT2D eigenvalue weighted by Gasteiger charge is -2.25. The maximum atomic E-state index is 13.3. The number of ether oxygens (including phenoxy) is 1. The van der Waals surface area contributed by atoms with Crippen molar-refractivity contribution in [3.63, 3.8) is 0 Å². The third-order valence-corrected chi connectivity index (χ3v) is 6.46. The van der Waals surface area contributed by atoms with Gasteiger partial charge in [0.15, 0.2) is 0 Å². The summed E-state index contributed by atoms with van der Waals surface area (Å²) in [7, 11) is 1.89. The van der Waals surface area contributed by atoms with Gasteiger partial charge in [-0.05, 0) is 56.7 Å². The number of benzene rings is 1. The molecule has 1 aromatic carbocycles. The highest BCUT2D eigenvalue weighted by atomic mass is 19.1. The first-order chi connectivity index (χ1) is 17.5. The summed E-state index contributed by atoms with van der Waals surface area (Å²) < 4.78 is 32.6. The lowest BCUT2D eigenvalue weighted by molar-refractivity contribution is -0.124. The van der Waals surface area contributed by atoms with Crippen LogP contribution in [0.1, 0.15) is 35.3 Å². The highest BCUT2D eigenvalue weighted by Gasteiger charge is 2.45. The number of hydrazine groups is 1.